The SMILES string of the molecule is Cc1ccc(Cn2c(C3CC(=O)N(c4cccc(F)c4)C3)nc3ccccc32)cc1. The van der Waals surface area contributed by atoms with Crippen LogP contribution in [0.1, 0.15) is 29.3 Å². The fourth-order valence-electron chi connectivity index (χ4n) is 4.22. The van der Waals surface area contributed by atoms with E-state index in [4.69, 9.17) is 4.98 Å². The molecular weight excluding hydrogens is 377 g/mol. The highest BCUT2D eigenvalue weighted by Crippen LogP contribution is 2.33. The fraction of sp³-hybridized carbons (Fsp3) is 0.200. The number of nitrogens with zero attached hydrogens (tertiary/aromatic N) is 3. The number of para-hydroxylation sites is 2. The second kappa shape index (κ2) is 7.41. The van der Waals surface area contributed by atoms with Gasteiger partial charge in [-0.3, -0.25) is 4.79 Å². The third-order valence-corrected chi connectivity index (χ3v) is 5.76. The van der Waals surface area contributed by atoms with Gasteiger partial charge in [0.25, 0.3) is 0 Å². The van der Waals surface area contributed by atoms with Gasteiger partial charge >= 0.3 is 0 Å². The van der Waals surface area contributed by atoms with Crippen LogP contribution in [0.2, 0.25) is 0 Å². The van der Waals surface area contributed by atoms with E-state index in [9.17, 15) is 9.18 Å². The summed E-state index contributed by atoms with van der Waals surface area (Å²) in [6.07, 6.45) is 0.369. The first-order valence-corrected chi connectivity index (χ1v) is 10.1. The lowest BCUT2D eigenvalue weighted by molar-refractivity contribution is -0.117. The quantitative estimate of drug-likeness (QED) is 0.481. The highest BCUT2D eigenvalue weighted by molar-refractivity contribution is 5.96. The molecule has 1 aromatic heterocycles. The number of anilines is 1. The standard InChI is InChI=1S/C25H22FN3O/c1-17-9-11-18(12-10-17)15-29-23-8-3-2-7-22(23)27-25(29)19-13-24(30)28(16-19)21-6-4-5-20(26)14-21/h2-12,14,19H,13,15-16H2,1H3. The van der Waals surface area contributed by atoms with Gasteiger partial charge in [0.05, 0.1) is 11.0 Å². The molecule has 0 saturated carbocycles. The average Bonchev–Trinajstić information content (AvgIpc) is 3.30. The highest BCUT2D eigenvalue weighted by atomic mass is 19.1. The third-order valence-electron chi connectivity index (χ3n) is 5.76. The Morgan fingerprint density at radius 2 is 1.83 bits per heavy atom. The first-order valence-electron chi connectivity index (χ1n) is 10.1. The lowest BCUT2D eigenvalue weighted by Crippen LogP contribution is -2.24. The first kappa shape index (κ1) is 18.6. The van der Waals surface area contributed by atoms with Crippen LogP contribution in [0.15, 0.2) is 72.8 Å². The van der Waals surface area contributed by atoms with Crippen LogP contribution >= 0.6 is 0 Å². The van der Waals surface area contributed by atoms with Crippen LogP contribution in [0.3, 0.4) is 0 Å². The van der Waals surface area contributed by atoms with E-state index in [1.807, 2.05) is 18.2 Å². The van der Waals surface area contributed by atoms with E-state index in [0.29, 0.717) is 25.2 Å². The molecule has 0 aliphatic carbocycles. The maximum Gasteiger partial charge on any atom is 0.227 e. The lowest BCUT2D eigenvalue weighted by Gasteiger charge is -2.17. The van der Waals surface area contributed by atoms with Gasteiger partial charge in [-0.25, -0.2) is 9.37 Å². The summed E-state index contributed by atoms with van der Waals surface area (Å²) in [7, 11) is 0. The lowest BCUT2D eigenvalue weighted by atomic mass is 10.1. The first-order chi connectivity index (χ1) is 14.6. The molecule has 1 aliphatic rings. The van der Waals surface area contributed by atoms with Crippen molar-refractivity contribution in [2.45, 2.75) is 25.8 Å². The molecule has 5 rings (SSSR count). The topological polar surface area (TPSA) is 38.1 Å². The Bertz CT molecular complexity index is 1230. The minimum atomic E-state index is -0.338. The van der Waals surface area contributed by atoms with E-state index in [-0.39, 0.29) is 17.6 Å². The normalized spacial score (nSPS) is 16.5. The zero-order valence-electron chi connectivity index (χ0n) is 16.8. The smallest absolute Gasteiger partial charge is 0.227 e. The minimum Gasteiger partial charge on any atom is -0.323 e. The van der Waals surface area contributed by atoms with Crippen molar-refractivity contribution >= 4 is 22.6 Å². The van der Waals surface area contributed by atoms with Gasteiger partial charge in [0.1, 0.15) is 11.6 Å². The summed E-state index contributed by atoms with van der Waals surface area (Å²) in [5, 5.41) is 0. The van der Waals surface area contributed by atoms with Crippen molar-refractivity contribution < 1.29 is 9.18 Å². The van der Waals surface area contributed by atoms with E-state index in [2.05, 4.69) is 41.8 Å². The maximum absolute atomic E-state index is 13.7. The van der Waals surface area contributed by atoms with Gasteiger partial charge in [0.15, 0.2) is 0 Å². The van der Waals surface area contributed by atoms with Crippen molar-refractivity contribution in [2.75, 3.05) is 11.4 Å². The Morgan fingerprint density at radius 1 is 1.03 bits per heavy atom. The summed E-state index contributed by atoms with van der Waals surface area (Å²) in [6.45, 7) is 3.27. The number of aromatic nitrogens is 2. The average molecular weight is 399 g/mol. The van der Waals surface area contributed by atoms with Crippen molar-refractivity contribution in [1.29, 1.82) is 0 Å². The molecule has 0 bridgehead atoms. The minimum absolute atomic E-state index is 0.000424. The second-order valence-electron chi connectivity index (χ2n) is 7.92. The second-order valence-corrected chi connectivity index (χ2v) is 7.92. The van der Waals surface area contributed by atoms with Gasteiger partial charge in [-0.2, -0.15) is 0 Å². The number of hydrogen-bond donors (Lipinski definition) is 0. The Labute approximate surface area is 174 Å². The number of carbonyl (C=O) groups is 1. The van der Waals surface area contributed by atoms with Crippen LogP contribution in [0.4, 0.5) is 10.1 Å². The molecule has 3 aromatic carbocycles. The molecule has 1 saturated heterocycles. The van der Waals surface area contributed by atoms with E-state index in [0.717, 1.165) is 16.9 Å². The Kier molecular flexibility index (Phi) is 4.58. The summed E-state index contributed by atoms with van der Waals surface area (Å²) < 4.78 is 15.9. The molecule has 30 heavy (non-hydrogen) atoms. The van der Waals surface area contributed by atoms with Crippen LogP contribution in [-0.2, 0) is 11.3 Å². The summed E-state index contributed by atoms with van der Waals surface area (Å²) in [5.74, 6) is 0.526. The van der Waals surface area contributed by atoms with Crippen LogP contribution < -0.4 is 4.90 Å². The number of aryl methyl sites for hydroxylation is 1. The zero-order chi connectivity index (χ0) is 20.7. The van der Waals surface area contributed by atoms with Crippen molar-refractivity contribution in [2.24, 2.45) is 0 Å². The number of imidazole rings is 1. The van der Waals surface area contributed by atoms with Crippen molar-refractivity contribution in [3.05, 3.63) is 95.6 Å². The van der Waals surface area contributed by atoms with Crippen LogP contribution in [0.25, 0.3) is 11.0 Å². The summed E-state index contributed by atoms with van der Waals surface area (Å²) in [6, 6.07) is 22.8. The van der Waals surface area contributed by atoms with E-state index >= 15 is 0 Å². The summed E-state index contributed by atoms with van der Waals surface area (Å²) >= 11 is 0. The van der Waals surface area contributed by atoms with Crippen LogP contribution in [0.5, 0.6) is 0 Å². The molecule has 4 nitrogen and oxygen atoms in total. The number of rotatable bonds is 4. The monoisotopic (exact) mass is 399 g/mol. The van der Waals surface area contributed by atoms with Crippen molar-refractivity contribution in [1.82, 2.24) is 9.55 Å². The number of carbonyl (C=O) groups excluding carboxylic acids is 1. The number of benzene rings is 3. The maximum atomic E-state index is 13.7. The molecule has 1 fully saturated rings. The molecule has 2 heterocycles. The molecule has 1 amide bonds. The van der Waals surface area contributed by atoms with E-state index in [1.54, 1.807) is 17.0 Å². The number of amides is 1. The molecule has 0 N–H and O–H groups in total. The highest BCUT2D eigenvalue weighted by Gasteiger charge is 2.35. The van der Waals surface area contributed by atoms with Crippen molar-refractivity contribution in [3.8, 4) is 0 Å². The number of halogens is 1. The molecule has 1 aliphatic heterocycles. The van der Waals surface area contributed by atoms with Gasteiger partial charge in [0.2, 0.25) is 5.91 Å². The van der Waals surface area contributed by atoms with Gasteiger partial charge in [-0.1, -0.05) is 48.0 Å². The molecular formula is C25H22FN3O. The van der Waals surface area contributed by atoms with Crippen LogP contribution in [-0.4, -0.2) is 22.0 Å². The Morgan fingerprint density at radius 3 is 2.63 bits per heavy atom. The Balaban J connectivity index is 1.52. The largest absolute Gasteiger partial charge is 0.323 e. The third kappa shape index (κ3) is 3.36. The van der Waals surface area contributed by atoms with Crippen LogP contribution in [0, 0.1) is 12.7 Å². The molecule has 0 radical (unpaired) electrons. The molecule has 1 unspecified atom stereocenters. The van der Waals surface area contributed by atoms with Gasteiger partial charge in [-0.15, -0.1) is 0 Å². The van der Waals surface area contributed by atoms with E-state index < -0.39 is 0 Å². The summed E-state index contributed by atoms with van der Waals surface area (Å²) in [4.78, 5) is 19.3. The molecule has 150 valence electrons. The van der Waals surface area contributed by atoms with Gasteiger partial charge in [-0.05, 0) is 42.8 Å². The predicted octanol–water partition coefficient (Wildman–Crippen LogP) is 5.05. The predicted molar refractivity (Wildman–Crippen MR) is 116 cm³/mol. The number of hydrogen-bond acceptors (Lipinski definition) is 2. The number of fused-ring (bicyclic) bond motifs is 1. The molecule has 0 spiro atoms. The Hall–Kier alpha value is -3.47. The zero-order valence-corrected chi connectivity index (χ0v) is 16.8. The van der Waals surface area contributed by atoms with Crippen molar-refractivity contribution in [3.63, 3.8) is 0 Å². The molecule has 4 aromatic rings. The molecule has 5 heteroatoms. The molecule has 1 atom stereocenters. The van der Waals surface area contributed by atoms with Gasteiger partial charge < -0.3 is 9.47 Å². The fourth-order valence-corrected chi connectivity index (χ4v) is 4.22. The van der Waals surface area contributed by atoms with E-state index in [1.165, 1.54) is 23.3 Å². The summed E-state index contributed by atoms with van der Waals surface area (Å²) in [5.41, 5.74) is 5.00. The van der Waals surface area contributed by atoms with Gasteiger partial charge in [0, 0.05) is 31.1 Å².